The molecule has 0 bridgehead atoms. The summed E-state index contributed by atoms with van der Waals surface area (Å²) in [4.78, 5) is 0. The van der Waals surface area contributed by atoms with Gasteiger partial charge in [-0.05, 0) is 53.9 Å². The third-order valence-corrected chi connectivity index (χ3v) is 3.83. The molecule has 1 aliphatic heterocycles. The van der Waals surface area contributed by atoms with E-state index in [0.717, 1.165) is 36.2 Å². The van der Waals surface area contributed by atoms with E-state index >= 15 is 0 Å². The maximum atomic E-state index is 9.77. The summed E-state index contributed by atoms with van der Waals surface area (Å²) in [5.74, 6) is 0.174. The van der Waals surface area contributed by atoms with E-state index in [1.807, 2.05) is 12.1 Å². The van der Waals surface area contributed by atoms with Crippen molar-refractivity contribution >= 4 is 10.1 Å². The van der Waals surface area contributed by atoms with Gasteiger partial charge < -0.3 is 20.6 Å². The number of hydrogen-bond donors (Lipinski definition) is 5. The Balaban J connectivity index is 0.000000399. The molecule has 1 heterocycles. The number of phenolic OH excluding ortho intramolecular Hbond substituents is 3. The lowest BCUT2D eigenvalue weighted by Gasteiger charge is -2.19. The minimum absolute atomic E-state index is 0.0740. The van der Waals surface area contributed by atoms with Crippen molar-refractivity contribution < 1.29 is 28.3 Å². The molecule has 3 rings (SSSR count). The first-order valence-electron chi connectivity index (χ1n) is 7.62. The zero-order chi connectivity index (χ0) is 18.6. The van der Waals surface area contributed by atoms with E-state index in [1.165, 1.54) is 0 Å². The summed E-state index contributed by atoms with van der Waals surface area (Å²) in [6, 6.07) is 10.4. The summed E-state index contributed by atoms with van der Waals surface area (Å²) in [6.45, 7) is 1.60. The summed E-state index contributed by atoms with van der Waals surface area (Å²) < 4.78 is 25.9. The van der Waals surface area contributed by atoms with Gasteiger partial charge in [-0.25, -0.2) is 0 Å². The summed E-state index contributed by atoms with van der Waals surface area (Å²) in [5.41, 5.74) is 3.14. The third-order valence-electron chi connectivity index (χ3n) is 3.83. The van der Waals surface area contributed by atoms with E-state index < -0.39 is 10.1 Å². The molecule has 1 aliphatic rings. The average Bonchev–Trinajstić information content (AvgIpc) is 2.69. The van der Waals surface area contributed by atoms with Gasteiger partial charge in [-0.1, -0.05) is 12.1 Å². The Morgan fingerprint density at radius 2 is 1.60 bits per heavy atom. The van der Waals surface area contributed by atoms with Crippen LogP contribution in [0.3, 0.4) is 0 Å². The molecule has 25 heavy (non-hydrogen) atoms. The number of aromatic hydroxyl groups is 3. The number of hydrogen-bond acceptors (Lipinski definition) is 6. The van der Waals surface area contributed by atoms with E-state index in [4.69, 9.17) is 4.55 Å². The molecule has 2 aromatic carbocycles. The number of rotatable bonds is 1. The van der Waals surface area contributed by atoms with Crippen molar-refractivity contribution in [3.8, 4) is 17.2 Å². The van der Waals surface area contributed by atoms with Gasteiger partial charge in [0.25, 0.3) is 10.1 Å². The first kappa shape index (κ1) is 19.0. The fraction of sp³-hybridized carbons (Fsp3) is 0.294. The molecule has 0 spiro atoms. The predicted molar refractivity (Wildman–Crippen MR) is 93.8 cm³/mol. The van der Waals surface area contributed by atoms with Crippen molar-refractivity contribution in [1.29, 1.82) is 0 Å². The topological polar surface area (TPSA) is 127 Å². The van der Waals surface area contributed by atoms with Gasteiger partial charge in [0.1, 0.15) is 5.75 Å². The smallest absolute Gasteiger partial charge is 0.261 e. The molecule has 7 nitrogen and oxygen atoms in total. The van der Waals surface area contributed by atoms with Gasteiger partial charge in [0.2, 0.25) is 0 Å². The highest BCUT2D eigenvalue weighted by molar-refractivity contribution is 7.85. The van der Waals surface area contributed by atoms with Crippen LogP contribution in [0.25, 0.3) is 0 Å². The van der Waals surface area contributed by atoms with E-state index in [2.05, 4.69) is 5.32 Å². The van der Waals surface area contributed by atoms with Crippen LogP contribution < -0.4 is 5.32 Å². The van der Waals surface area contributed by atoms with Gasteiger partial charge in [-0.2, -0.15) is 8.42 Å². The van der Waals surface area contributed by atoms with E-state index in [1.54, 1.807) is 24.3 Å². The molecular formula is C17H21NO6S. The molecule has 1 atom stereocenters. The van der Waals surface area contributed by atoms with Crippen molar-refractivity contribution in [2.24, 2.45) is 0 Å². The Bertz CT molecular complexity index is 825. The molecule has 0 aromatic heterocycles. The Kier molecular flexibility index (Phi) is 5.89. The van der Waals surface area contributed by atoms with Gasteiger partial charge in [0.05, 0.1) is 6.26 Å². The van der Waals surface area contributed by atoms with Gasteiger partial charge in [-0.3, -0.25) is 4.55 Å². The minimum Gasteiger partial charge on any atom is -0.508 e. The van der Waals surface area contributed by atoms with E-state index in [0.29, 0.717) is 6.26 Å². The fourth-order valence-electron chi connectivity index (χ4n) is 2.76. The van der Waals surface area contributed by atoms with Crippen LogP contribution in [-0.2, 0) is 16.5 Å². The second-order valence-electron chi connectivity index (χ2n) is 5.87. The van der Waals surface area contributed by atoms with Crippen LogP contribution in [0, 0.1) is 0 Å². The van der Waals surface area contributed by atoms with Gasteiger partial charge in [0.15, 0.2) is 11.5 Å². The number of fused-ring (bicyclic) bond motifs is 1. The van der Waals surface area contributed by atoms with Crippen molar-refractivity contribution in [3.63, 3.8) is 0 Å². The van der Waals surface area contributed by atoms with Crippen molar-refractivity contribution in [2.75, 3.05) is 19.3 Å². The maximum Gasteiger partial charge on any atom is 0.261 e. The van der Waals surface area contributed by atoms with Gasteiger partial charge >= 0.3 is 0 Å². The van der Waals surface area contributed by atoms with Crippen LogP contribution >= 0.6 is 0 Å². The van der Waals surface area contributed by atoms with E-state index in [-0.39, 0.29) is 23.2 Å². The van der Waals surface area contributed by atoms with Crippen LogP contribution in [0.15, 0.2) is 36.4 Å². The van der Waals surface area contributed by atoms with Crippen LogP contribution in [0.5, 0.6) is 17.2 Å². The molecule has 0 amide bonds. The quantitative estimate of drug-likeness (QED) is 0.382. The standard InChI is InChI=1S/C16H17NO3.CH4O3S/c18-12-3-1-10(2-4-12)14-9-17-6-5-11-7-15(19)16(20)8-13(11)14;1-5(2,3)4/h1-4,7-8,14,17-20H,5-6,9H2;1H3,(H,2,3,4). The third kappa shape index (κ3) is 5.63. The number of nitrogens with one attached hydrogen (secondary N) is 1. The average molecular weight is 367 g/mol. The Labute approximate surface area is 146 Å². The molecule has 0 aliphatic carbocycles. The zero-order valence-electron chi connectivity index (χ0n) is 13.7. The maximum absolute atomic E-state index is 9.77. The predicted octanol–water partition coefficient (Wildman–Crippen LogP) is 1.59. The summed E-state index contributed by atoms with van der Waals surface area (Å²) in [7, 11) is -3.67. The molecule has 1 unspecified atom stereocenters. The normalized spacial score (nSPS) is 17.0. The van der Waals surface area contributed by atoms with Crippen molar-refractivity contribution in [1.82, 2.24) is 5.32 Å². The van der Waals surface area contributed by atoms with Crippen LogP contribution in [-0.4, -0.2) is 47.6 Å². The van der Waals surface area contributed by atoms with Crippen LogP contribution in [0.4, 0.5) is 0 Å². The van der Waals surface area contributed by atoms with Crippen LogP contribution in [0.1, 0.15) is 22.6 Å². The van der Waals surface area contributed by atoms with Crippen molar-refractivity contribution in [3.05, 3.63) is 53.1 Å². The van der Waals surface area contributed by atoms with Crippen LogP contribution in [0.2, 0.25) is 0 Å². The molecule has 0 fully saturated rings. The minimum atomic E-state index is -3.67. The van der Waals surface area contributed by atoms with Gasteiger partial charge in [-0.15, -0.1) is 0 Å². The van der Waals surface area contributed by atoms with Gasteiger partial charge in [0, 0.05) is 12.5 Å². The lowest BCUT2D eigenvalue weighted by Crippen LogP contribution is -2.20. The fourth-order valence-corrected chi connectivity index (χ4v) is 2.76. The Hall–Kier alpha value is -2.29. The monoisotopic (exact) mass is 367 g/mol. The SMILES string of the molecule is CS(=O)(=O)O.Oc1ccc(C2CNCCc3cc(O)c(O)cc32)cc1. The molecule has 5 N–H and O–H groups in total. The molecule has 0 saturated heterocycles. The largest absolute Gasteiger partial charge is 0.508 e. The zero-order valence-corrected chi connectivity index (χ0v) is 14.5. The molecule has 136 valence electrons. The summed E-state index contributed by atoms with van der Waals surface area (Å²) in [5, 5.41) is 32.2. The Morgan fingerprint density at radius 1 is 1.04 bits per heavy atom. The highest BCUT2D eigenvalue weighted by atomic mass is 32.2. The highest BCUT2D eigenvalue weighted by Crippen LogP contribution is 2.36. The lowest BCUT2D eigenvalue weighted by atomic mass is 9.88. The summed E-state index contributed by atoms with van der Waals surface area (Å²) >= 11 is 0. The molecule has 8 heteroatoms. The Morgan fingerprint density at radius 3 is 2.20 bits per heavy atom. The molecule has 2 aromatic rings. The number of benzene rings is 2. The second-order valence-corrected chi connectivity index (χ2v) is 7.34. The number of phenols is 3. The second kappa shape index (κ2) is 7.73. The summed E-state index contributed by atoms with van der Waals surface area (Å²) in [6.07, 6.45) is 1.53. The molecule has 0 radical (unpaired) electrons. The first-order chi connectivity index (χ1) is 11.6. The molecular weight excluding hydrogens is 346 g/mol. The van der Waals surface area contributed by atoms with E-state index in [9.17, 15) is 23.7 Å². The van der Waals surface area contributed by atoms with Crippen molar-refractivity contribution in [2.45, 2.75) is 12.3 Å². The highest BCUT2D eigenvalue weighted by Gasteiger charge is 2.22. The molecule has 0 saturated carbocycles. The first-order valence-corrected chi connectivity index (χ1v) is 9.47. The lowest BCUT2D eigenvalue weighted by molar-refractivity contribution is 0.402.